The van der Waals surface area contributed by atoms with E-state index < -0.39 is 0 Å². The molecular formula is C36H41N7O3. The predicted molar refractivity (Wildman–Crippen MR) is 176 cm³/mol. The van der Waals surface area contributed by atoms with E-state index in [2.05, 4.69) is 70.7 Å². The molecule has 46 heavy (non-hydrogen) atoms. The van der Waals surface area contributed by atoms with Crippen LogP contribution in [-0.2, 0) is 22.5 Å². The number of ether oxygens (including phenoxy) is 2. The van der Waals surface area contributed by atoms with Gasteiger partial charge in [0.2, 0.25) is 5.91 Å². The Hall–Kier alpha value is -4.20. The van der Waals surface area contributed by atoms with Crippen LogP contribution in [0.4, 0.5) is 11.5 Å². The molecule has 1 aromatic heterocycles. The lowest BCUT2D eigenvalue weighted by molar-refractivity contribution is -0.128. The van der Waals surface area contributed by atoms with E-state index in [0.29, 0.717) is 50.9 Å². The second kappa shape index (κ2) is 11.6. The van der Waals surface area contributed by atoms with Crippen molar-refractivity contribution >= 4 is 28.2 Å². The van der Waals surface area contributed by atoms with E-state index in [9.17, 15) is 10.1 Å². The van der Waals surface area contributed by atoms with Crippen LogP contribution < -0.4 is 14.5 Å². The maximum atomic E-state index is 12.7. The third-order valence-corrected chi connectivity index (χ3v) is 10.9. The highest BCUT2D eigenvalue weighted by molar-refractivity contribution is 5.97. The molecule has 1 saturated carbocycles. The molecule has 1 spiro atoms. The van der Waals surface area contributed by atoms with Gasteiger partial charge >= 0.3 is 6.01 Å². The van der Waals surface area contributed by atoms with Gasteiger partial charge in [-0.2, -0.15) is 15.2 Å². The number of nitriles is 1. The molecule has 0 radical (unpaired) electrons. The number of hydrogen-bond donors (Lipinski definition) is 0. The summed E-state index contributed by atoms with van der Waals surface area (Å²) < 4.78 is 11.9. The van der Waals surface area contributed by atoms with Gasteiger partial charge in [-0.1, -0.05) is 36.9 Å². The SMILES string of the molecule is C=CC(=O)N1CCN(c2nc(OCC3CCN3C3COC3)nc3c2CC2(CC2)N(c2cccc4cccc(C)c24)C3)C[C@@H]1CC#N. The fourth-order valence-electron chi connectivity index (χ4n) is 7.98. The van der Waals surface area contributed by atoms with Gasteiger partial charge in [-0.05, 0) is 49.3 Å². The normalized spacial score (nSPS) is 23.8. The van der Waals surface area contributed by atoms with Crippen LogP contribution in [0.15, 0.2) is 49.1 Å². The lowest BCUT2D eigenvalue weighted by atomic mass is 9.92. The van der Waals surface area contributed by atoms with E-state index in [1.54, 1.807) is 4.90 Å². The minimum absolute atomic E-state index is 0.0218. The maximum absolute atomic E-state index is 12.7. The van der Waals surface area contributed by atoms with E-state index in [-0.39, 0.29) is 23.9 Å². The van der Waals surface area contributed by atoms with Crippen molar-refractivity contribution in [3.8, 4) is 12.1 Å². The molecule has 3 aromatic rings. The van der Waals surface area contributed by atoms with Gasteiger partial charge in [0.15, 0.2) is 0 Å². The number of fused-ring (bicyclic) bond motifs is 2. The highest BCUT2D eigenvalue weighted by atomic mass is 16.5. The predicted octanol–water partition coefficient (Wildman–Crippen LogP) is 4.00. The Kier molecular flexibility index (Phi) is 7.34. The number of benzene rings is 2. The molecule has 1 amide bonds. The first-order chi connectivity index (χ1) is 22.5. The minimum Gasteiger partial charge on any atom is -0.462 e. The van der Waals surface area contributed by atoms with Crippen LogP contribution in [0.5, 0.6) is 6.01 Å². The number of carbonyl (C=O) groups excluding carboxylic acids is 1. The minimum atomic E-state index is -0.235. The summed E-state index contributed by atoms with van der Waals surface area (Å²) in [5, 5.41) is 12.2. The largest absolute Gasteiger partial charge is 0.462 e. The van der Waals surface area contributed by atoms with Gasteiger partial charge in [0, 0.05) is 60.8 Å². The summed E-state index contributed by atoms with van der Waals surface area (Å²) in [6.07, 6.45) is 5.79. The van der Waals surface area contributed by atoms with E-state index in [1.807, 2.05) is 0 Å². The van der Waals surface area contributed by atoms with E-state index in [1.165, 1.54) is 33.7 Å². The molecule has 0 N–H and O–H groups in total. The Morgan fingerprint density at radius 2 is 1.98 bits per heavy atom. The van der Waals surface area contributed by atoms with Gasteiger partial charge in [0.05, 0.1) is 50.0 Å². The Morgan fingerprint density at radius 3 is 2.67 bits per heavy atom. The summed E-state index contributed by atoms with van der Waals surface area (Å²) in [6.45, 7) is 11.5. The van der Waals surface area contributed by atoms with Gasteiger partial charge < -0.3 is 24.2 Å². The van der Waals surface area contributed by atoms with Crippen LogP contribution >= 0.6 is 0 Å². The quantitative estimate of drug-likeness (QED) is 0.347. The number of carbonyl (C=O) groups is 1. The number of likely N-dealkylation sites (tertiary alicyclic amines) is 1. The summed E-state index contributed by atoms with van der Waals surface area (Å²) in [5.74, 6) is 0.764. The average Bonchev–Trinajstić information content (AvgIpc) is 3.80. The van der Waals surface area contributed by atoms with Crippen molar-refractivity contribution < 1.29 is 14.3 Å². The number of hydrogen-bond acceptors (Lipinski definition) is 9. The van der Waals surface area contributed by atoms with Crippen molar-refractivity contribution in [2.45, 2.75) is 69.2 Å². The van der Waals surface area contributed by atoms with Crippen LogP contribution in [0.25, 0.3) is 10.8 Å². The summed E-state index contributed by atoms with van der Waals surface area (Å²) in [5.41, 5.74) is 4.74. The number of aryl methyl sites for hydroxylation is 1. The lowest BCUT2D eigenvalue weighted by Crippen LogP contribution is -2.61. The van der Waals surface area contributed by atoms with E-state index in [0.717, 1.165) is 57.0 Å². The summed E-state index contributed by atoms with van der Waals surface area (Å²) in [6, 6.07) is 16.5. The van der Waals surface area contributed by atoms with Crippen molar-refractivity contribution in [3.63, 3.8) is 0 Å². The number of anilines is 2. The van der Waals surface area contributed by atoms with Crippen molar-refractivity contribution in [2.24, 2.45) is 0 Å². The molecular weight excluding hydrogens is 578 g/mol. The topological polar surface area (TPSA) is 98.1 Å². The third-order valence-electron chi connectivity index (χ3n) is 10.9. The number of piperazine rings is 1. The number of nitrogens with zero attached hydrogens (tertiary/aromatic N) is 7. The van der Waals surface area contributed by atoms with Crippen molar-refractivity contribution in [1.82, 2.24) is 19.8 Å². The Labute approximate surface area is 270 Å². The molecule has 2 aromatic carbocycles. The number of aromatic nitrogens is 2. The Morgan fingerprint density at radius 1 is 1.15 bits per heavy atom. The van der Waals surface area contributed by atoms with Gasteiger partial charge in [-0.3, -0.25) is 9.69 Å². The van der Waals surface area contributed by atoms with Gasteiger partial charge in [-0.15, -0.1) is 0 Å². The first-order valence-corrected chi connectivity index (χ1v) is 16.6. The second-order valence-electron chi connectivity index (χ2n) is 13.6. The molecule has 2 atom stereocenters. The lowest BCUT2D eigenvalue weighted by Gasteiger charge is -2.48. The number of amides is 1. The first-order valence-electron chi connectivity index (χ1n) is 16.6. The monoisotopic (exact) mass is 619 g/mol. The molecule has 4 aliphatic heterocycles. The molecule has 5 aliphatic rings. The molecule has 10 nitrogen and oxygen atoms in total. The number of rotatable bonds is 8. The fraction of sp³-hybridized carbons (Fsp3) is 0.500. The van der Waals surface area contributed by atoms with E-state index in [4.69, 9.17) is 19.4 Å². The van der Waals surface area contributed by atoms with Crippen LogP contribution in [0.2, 0.25) is 0 Å². The highest BCUT2D eigenvalue weighted by Crippen LogP contribution is 2.53. The summed E-state index contributed by atoms with van der Waals surface area (Å²) in [4.78, 5) is 32.0. The molecule has 8 rings (SSSR count). The van der Waals surface area contributed by atoms with Gasteiger partial charge in [0.25, 0.3) is 0 Å². The molecule has 5 heterocycles. The van der Waals surface area contributed by atoms with Crippen LogP contribution in [0.3, 0.4) is 0 Å². The van der Waals surface area contributed by atoms with E-state index >= 15 is 0 Å². The van der Waals surface area contributed by atoms with Crippen LogP contribution in [-0.4, -0.2) is 95.3 Å². The molecule has 1 aliphatic carbocycles. The van der Waals surface area contributed by atoms with Crippen molar-refractivity contribution in [2.75, 3.05) is 55.8 Å². The first kappa shape index (κ1) is 29.2. The third kappa shape index (κ3) is 4.97. The summed E-state index contributed by atoms with van der Waals surface area (Å²) in [7, 11) is 0. The highest BCUT2D eigenvalue weighted by Gasteiger charge is 2.52. The summed E-state index contributed by atoms with van der Waals surface area (Å²) >= 11 is 0. The molecule has 1 unspecified atom stereocenters. The molecule has 3 saturated heterocycles. The standard InChI is InChI=1S/C36H41N7O3/c1-3-32(44)42-17-16-40(19-26(42)10-14-37)34-29-18-36(12-13-36)43(31-9-5-8-25-7-4-6-24(2)33(25)31)20-30(29)38-35(39-34)46-23-27-11-15-41(27)28-21-45-22-28/h3-9,26-28H,1,10-13,15-23H2,2H3/t26-,27?/m0/s1. The second-order valence-corrected chi connectivity index (χ2v) is 13.6. The molecule has 238 valence electrons. The van der Waals surface area contributed by atoms with Gasteiger partial charge in [0.1, 0.15) is 12.4 Å². The van der Waals surface area contributed by atoms with Gasteiger partial charge in [-0.25, -0.2) is 0 Å². The fourth-order valence-corrected chi connectivity index (χ4v) is 7.98. The maximum Gasteiger partial charge on any atom is 0.318 e. The van der Waals surface area contributed by atoms with Crippen LogP contribution in [0, 0.1) is 18.3 Å². The molecule has 10 heteroatoms. The zero-order chi connectivity index (χ0) is 31.4. The Balaban J connectivity index is 1.15. The zero-order valence-electron chi connectivity index (χ0n) is 26.5. The molecule has 0 bridgehead atoms. The Bertz CT molecular complexity index is 1720. The van der Waals surface area contributed by atoms with Crippen molar-refractivity contribution in [1.29, 1.82) is 5.26 Å². The average molecular weight is 620 g/mol. The van der Waals surface area contributed by atoms with Crippen molar-refractivity contribution in [3.05, 3.63) is 65.9 Å². The molecule has 4 fully saturated rings. The van der Waals surface area contributed by atoms with Crippen LogP contribution in [0.1, 0.15) is 42.5 Å². The zero-order valence-corrected chi connectivity index (χ0v) is 26.5. The smallest absolute Gasteiger partial charge is 0.318 e.